The Kier molecular flexibility index (Phi) is 4.86. The maximum atomic E-state index is 14.1. The number of ketones is 1. The summed E-state index contributed by atoms with van der Waals surface area (Å²) in [6.45, 7) is 0. The number of carbonyl (C=O) groups is 2. The molecule has 0 bridgehead atoms. The van der Waals surface area contributed by atoms with Crippen LogP contribution in [0.4, 0.5) is 25.0 Å². The molecule has 0 radical (unpaired) electrons. The smallest absolute Gasteiger partial charge is 0.308 e. The van der Waals surface area contributed by atoms with Crippen LogP contribution in [-0.2, 0) is 0 Å². The first-order valence-corrected chi connectivity index (χ1v) is 8.71. The molecule has 2 aliphatic heterocycles. The molecule has 3 N–H and O–H groups in total. The summed E-state index contributed by atoms with van der Waals surface area (Å²) in [5.74, 6) is -2.02. The third kappa shape index (κ3) is 4.03. The van der Waals surface area contributed by atoms with Crippen LogP contribution in [0.2, 0.25) is 0 Å². The van der Waals surface area contributed by atoms with Crippen LogP contribution < -0.4 is 16.1 Å². The Bertz CT molecular complexity index is 1080. The van der Waals surface area contributed by atoms with Crippen molar-refractivity contribution in [3.8, 4) is 0 Å². The number of allylic oxidation sites excluding steroid dienone is 1. The highest BCUT2D eigenvalue weighted by molar-refractivity contribution is 6.47. The lowest BCUT2D eigenvalue weighted by molar-refractivity contribution is 0.106. The Balaban J connectivity index is 1.50. The van der Waals surface area contributed by atoms with Gasteiger partial charge in [0.05, 0.1) is 5.92 Å². The molecule has 0 aromatic heterocycles. The van der Waals surface area contributed by atoms with Crippen molar-refractivity contribution in [3.05, 3.63) is 71.8 Å². The number of urea groups is 1. The molecule has 0 aliphatic carbocycles. The number of fused-ring (bicyclic) bond motifs is 1. The molecule has 146 valence electrons. The fourth-order valence-corrected chi connectivity index (χ4v) is 3.08. The van der Waals surface area contributed by atoms with Gasteiger partial charge in [-0.3, -0.25) is 15.2 Å². The molecular formula is C20H15F2N5O2. The SMILES string of the molecule is O=C(Nc1cccc(F)c1)Nc1cc(F)cc(C(=O)C2=NNC3N=CC=CC23)c1. The van der Waals surface area contributed by atoms with Gasteiger partial charge in [0.1, 0.15) is 23.5 Å². The molecule has 29 heavy (non-hydrogen) atoms. The zero-order valence-electron chi connectivity index (χ0n) is 14.9. The van der Waals surface area contributed by atoms with Crippen molar-refractivity contribution >= 4 is 35.1 Å². The van der Waals surface area contributed by atoms with Gasteiger partial charge in [0.25, 0.3) is 0 Å². The molecule has 7 nitrogen and oxygen atoms in total. The molecule has 2 aromatic rings. The summed E-state index contributed by atoms with van der Waals surface area (Å²) in [5.41, 5.74) is 3.32. The van der Waals surface area contributed by atoms with Gasteiger partial charge < -0.3 is 10.6 Å². The number of halogens is 2. The van der Waals surface area contributed by atoms with Gasteiger partial charge in [0.15, 0.2) is 0 Å². The van der Waals surface area contributed by atoms with E-state index < -0.39 is 23.4 Å². The van der Waals surface area contributed by atoms with Crippen LogP contribution in [0.25, 0.3) is 0 Å². The maximum Gasteiger partial charge on any atom is 0.323 e. The highest BCUT2D eigenvalue weighted by Crippen LogP contribution is 2.23. The molecule has 2 heterocycles. The number of Topliss-reactive ketones (excluding diaryl/α,β-unsaturated/α-hetero) is 1. The number of hydrogen-bond acceptors (Lipinski definition) is 5. The number of nitrogens with zero attached hydrogens (tertiary/aromatic N) is 2. The molecule has 2 aromatic carbocycles. The Labute approximate surface area is 164 Å². The topological polar surface area (TPSA) is 95.0 Å². The predicted octanol–water partition coefficient (Wildman–Crippen LogP) is 3.33. The predicted molar refractivity (Wildman–Crippen MR) is 105 cm³/mol. The van der Waals surface area contributed by atoms with E-state index in [9.17, 15) is 18.4 Å². The largest absolute Gasteiger partial charge is 0.323 e. The van der Waals surface area contributed by atoms with E-state index in [1.165, 1.54) is 24.3 Å². The minimum absolute atomic E-state index is 0.0372. The third-order valence-corrected chi connectivity index (χ3v) is 4.36. The van der Waals surface area contributed by atoms with Crippen molar-refractivity contribution in [1.29, 1.82) is 0 Å². The van der Waals surface area contributed by atoms with Crippen molar-refractivity contribution in [3.63, 3.8) is 0 Å². The number of benzene rings is 2. The van der Waals surface area contributed by atoms with Crippen molar-refractivity contribution in [1.82, 2.24) is 5.43 Å². The molecule has 9 heteroatoms. The highest BCUT2D eigenvalue weighted by atomic mass is 19.1. The van der Waals surface area contributed by atoms with E-state index in [0.717, 1.165) is 18.2 Å². The van der Waals surface area contributed by atoms with E-state index in [4.69, 9.17) is 0 Å². The molecule has 2 atom stereocenters. The zero-order chi connectivity index (χ0) is 20.4. The fraction of sp³-hybridized carbons (Fsp3) is 0.100. The van der Waals surface area contributed by atoms with Crippen LogP contribution >= 0.6 is 0 Å². The Morgan fingerprint density at radius 2 is 1.79 bits per heavy atom. The number of aliphatic imine (C=N–C) groups is 1. The molecule has 0 spiro atoms. The van der Waals surface area contributed by atoms with Gasteiger partial charge >= 0.3 is 6.03 Å². The number of hydrogen-bond donors (Lipinski definition) is 3. The van der Waals surface area contributed by atoms with Gasteiger partial charge in [-0.25, -0.2) is 13.6 Å². The van der Waals surface area contributed by atoms with E-state index >= 15 is 0 Å². The minimum Gasteiger partial charge on any atom is -0.308 e. The zero-order valence-corrected chi connectivity index (χ0v) is 14.9. The normalized spacial score (nSPS) is 19.2. The third-order valence-electron chi connectivity index (χ3n) is 4.36. The van der Waals surface area contributed by atoms with Gasteiger partial charge in [0.2, 0.25) is 5.78 Å². The summed E-state index contributed by atoms with van der Waals surface area (Å²) in [5, 5.41) is 8.91. The van der Waals surface area contributed by atoms with E-state index in [0.29, 0.717) is 0 Å². The summed E-state index contributed by atoms with van der Waals surface area (Å²) < 4.78 is 27.3. The van der Waals surface area contributed by atoms with Crippen molar-refractivity contribution in [2.24, 2.45) is 16.0 Å². The monoisotopic (exact) mass is 395 g/mol. The summed E-state index contributed by atoms with van der Waals surface area (Å²) in [7, 11) is 0. The van der Waals surface area contributed by atoms with Gasteiger partial charge in [-0.05, 0) is 42.5 Å². The standard InChI is InChI=1S/C20H15F2N5O2/c21-12-3-1-4-14(9-12)24-20(29)25-15-8-11(7-13(22)10-15)18(28)17-16-5-2-6-23-19(16)27-26-17/h1-10,16,19,27H,(H2,24,25,29). The van der Waals surface area contributed by atoms with E-state index in [2.05, 4.69) is 26.2 Å². The molecule has 2 amide bonds. The summed E-state index contributed by atoms with van der Waals surface area (Å²) in [6, 6.07) is 8.12. The van der Waals surface area contributed by atoms with Crippen LogP contribution in [0.3, 0.4) is 0 Å². The quantitative estimate of drug-likeness (QED) is 0.693. The molecule has 2 unspecified atom stereocenters. The Hall–Kier alpha value is -3.88. The van der Waals surface area contributed by atoms with Crippen LogP contribution in [0, 0.1) is 17.6 Å². The van der Waals surface area contributed by atoms with Crippen molar-refractivity contribution < 1.29 is 18.4 Å². The van der Waals surface area contributed by atoms with Gasteiger partial charge in [0, 0.05) is 23.2 Å². The van der Waals surface area contributed by atoms with Crippen molar-refractivity contribution in [2.45, 2.75) is 6.17 Å². The Morgan fingerprint density at radius 1 is 1.00 bits per heavy atom. The molecule has 0 saturated heterocycles. The first-order valence-electron chi connectivity index (χ1n) is 8.71. The van der Waals surface area contributed by atoms with Crippen molar-refractivity contribution in [2.75, 3.05) is 10.6 Å². The molecule has 4 rings (SSSR count). The number of carbonyl (C=O) groups excluding carboxylic acids is 2. The molecule has 0 saturated carbocycles. The summed E-state index contributed by atoms with van der Waals surface area (Å²) >= 11 is 0. The fourth-order valence-electron chi connectivity index (χ4n) is 3.08. The average Bonchev–Trinajstić information content (AvgIpc) is 3.11. The Morgan fingerprint density at radius 3 is 2.62 bits per heavy atom. The molecular weight excluding hydrogens is 380 g/mol. The van der Waals surface area contributed by atoms with Crippen LogP contribution in [0.5, 0.6) is 0 Å². The minimum atomic E-state index is -0.705. The second-order valence-electron chi connectivity index (χ2n) is 6.43. The van der Waals surface area contributed by atoms with E-state index in [-0.39, 0.29) is 34.7 Å². The first-order chi connectivity index (χ1) is 14.0. The van der Waals surface area contributed by atoms with Crippen LogP contribution in [0.15, 0.2) is 64.7 Å². The first kappa shape index (κ1) is 18.5. The van der Waals surface area contributed by atoms with Crippen LogP contribution in [0.1, 0.15) is 10.4 Å². The number of amides is 2. The average molecular weight is 395 g/mol. The highest BCUT2D eigenvalue weighted by Gasteiger charge is 2.35. The lowest BCUT2D eigenvalue weighted by atomic mass is 9.93. The number of anilines is 2. The number of nitrogens with one attached hydrogen (secondary N) is 3. The van der Waals surface area contributed by atoms with Gasteiger partial charge in [-0.1, -0.05) is 12.1 Å². The molecule has 2 aliphatic rings. The molecule has 0 fully saturated rings. The van der Waals surface area contributed by atoms with E-state index in [1.807, 2.05) is 0 Å². The second kappa shape index (κ2) is 7.63. The second-order valence-corrected chi connectivity index (χ2v) is 6.43. The van der Waals surface area contributed by atoms with Gasteiger partial charge in [-0.15, -0.1) is 0 Å². The number of dihydropyridines is 1. The lowest BCUT2D eigenvalue weighted by Gasteiger charge is -2.15. The number of rotatable bonds is 4. The number of hydrazone groups is 1. The maximum absolute atomic E-state index is 14.1. The van der Waals surface area contributed by atoms with Crippen LogP contribution in [-0.4, -0.2) is 29.9 Å². The lowest BCUT2D eigenvalue weighted by Crippen LogP contribution is -2.31. The van der Waals surface area contributed by atoms with Gasteiger partial charge in [-0.2, -0.15) is 5.10 Å². The summed E-state index contributed by atoms with van der Waals surface area (Å²) in [4.78, 5) is 29.1. The van der Waals surface area contributed by atoms with E-state index in [1.54, 1.807) is 18.4 Å². The summed E-state index contributed by atoms with van der Waals surface area (Å²) in [6.07, 6.45) is 4.76.